The van der Waals surface area contributed by atoms with Crippen molar-refractivity contribution < 1.29 is 19.1 Å². The zero-order valence-electron chi connectivity index (χ0n) is 11.0. The summed E-state index contributed by atoms with van der Waals surface area (Å²) >= 11 is 0. The van der Waals surface area contributed by atoms with Crippen LogP contribution in [-0.2, 0) is 14.3 Å². The van der Waals surface area contributed by atoms with E-state index in [1.165, 1.54) is 0 Å². The minimum atomic E-state index is -0.644. The maximum absolute atomic E-state index is 12.0. The van der Waals surface area contributed by atoms with Crippen LogP contribution in [-0.4, -0.2) is 18.5 Å². The Kier molecular flexibility index (Phi) is 3.73. The third kappa shape index (κ3) is 2.42. The molecule has 4 heteroatoms. The number of allylic oxidation sites excluding steroid dienone is 2. The second-order valence-electron chi connectivity index (χ2n) is 5.26. The lowest BCUT2D eigenvalue weighted by Crippen LogP contribution is -2.40. The fraction of sp³-hybridized carbons (Fsp3) is 0.714. The Labute approximate surface area is 107 Å². The second-order valence-corrected chi connectivity index (χ2v) is 5.26. The Hall–Kier alpha value is -1.32. The molecular weight excluding hydrogens is 232 g/mol. The van der Waals surface area contributed by atoms with Crippen LogP contribution < -0.4 is 0 Å². The number of rotatable bonds is 2. The molecule has 0 heterocycles. The van der Waals surface area contributed by atoms with Gasteiger partial charge in [-0.05, 0) is 38.2 Å². The number of ether oxygens (including phenoxy) is 2. The van der Waals surface area contributed by atoms with Gasteiger partial charge in [0.2, 0.25) is 0 Å². The van der Waals surface area contributed by atoms with Gasteiger partial charge in [-0.3, -0.25) is 4.79 Å². The summed E-state index contributed by atoms with van der Waals surface area (Å²) in [5, 5.41) is 0. The molecule has 0 spiro atoms. The highest BCUT2D eigenvalue weighted by atomic mass is 16.7. The van der Waals surface area contributed by atoms with Crippen LogP contribution >= 0.6 is 0 Å². The number of carbonyl (C=O) groups is 2. The molecule has 2 aliphatic carbocycles. The molecule has 0 aromatic carbocycles. The number of Topliss-reactive ketones (excluding diaryl/α,β-unsaturated/α-hetero) is 1. The molecule has 100 valence electrons. The van der Waals surface area contributed by atoms with Crippen molar-refractivity contribution in [1.82, 2.24) is 0 Å². The van der Waals surface area contributed by atoms with Crippen molar-refractivity contribution in [2.24, 2.45) is 11.3 Å². The van der Waals surface area contributed by atoms with Crippen molar-refractivity contribution in [3.05, 3.63) is 11.8 Å². The van der Waals surface area contributed by atoms with Crippen LogP contribution in [0.15, 0.2) is 11.8 Å². The summed E-state index contributed by atoms with van der Waals surface area (Å²) in [4.78, 5) is 23.3. The van der Waals surface area contributed by atoms with E-state index < -0.39 is 6.16 Å². The molecule has 0 aromatic heterocycles. The predicted octanol–water partition coefficient (Wildman–Crippen LogP) is 3.21. The van der Waals surface area contributed by atoms with E-state index in [0.717, 1.165) is 19.3 Å². The van der Waals surface area contributed by atoms with Crippen molar-refractivity contribution in [1.29, 1.82) is 0 Å². The van der Waals surface area contributed by atoms with Crippen LogP contribution in [0, 0.1) is 11.3 Å². The van der Waals surface area contributed by atoms with Crippen molar-refractivity contribution in [2.45, 2.75) is 46.0 Å². The summed E-state index contributed by atoms with van der Waals surface area (Å²) in [6.45, 7) is 4.09. The van der Waals surface area contributed by atoms with Crippen LogP contribution in [0.25, 0.3) is 0 Å². The Morgan fingerprint density at radius 2 is 2.28 bits per heavy atom. The number of hydrogen-bond acceptors (Lipinski definition) is 4. The van der Waals surface area contributed by atoms with Crippen LogP contribution in [0.2, 0.25) is 0 Å². The molecule has 1 fully saturated rings. The third-order valence-corrected chi connectivity index (χ3v) is 4.13. The largest absolute Gasteiger partial charge is 0.513 e. The van der Waals surface area contributed by atoms with Gasteiger partial charge >= 0.3 is 6.16 Å². The Morgan fingerprint density at radius 1 is 1.50 bits per heavy atom. The van der Waals surface area contributed by atoms with E-state index in [4.69, 9.17) is 9.47 Å². The Bertz CT molecular complexity index is 385. The summed E-state index contributed by atoms with van der Waals surface area (Å²) in [6, 6.07) is 0. The average molecular weight is 252 g/mol. The fourth-order valence-corrected chi connectivity index (χ4v) is 2.92. The highest BCUT2D eigenvalue weighted by Crippen LogP contribution is 2.47. The maximum Gasteiger partial charge on any atom is 0.513 e. The van der Waals surface area contributed by atoms with Gasteiger partial charge in [0.05, 0.1) is 6.61 Å². The van der Waals surface area contributed by atoms with Crippen molar-refractivity contribution >= 4 is 11.9 Å². The first-order valence-corrected chi connectivity index (χ1v) is 6.65. The zero-order chi connectivity index (χ0) is 13.2. The molecule has 2 aliphatic rings. The lowest BCUT2D eigenvalue weighted by Gasteiger charge is -2.41. The highest BCUT2D eigenvalue weighted by molar-refractivity contribution is 5.86. The van der Waals surface area contributed by atoms with Gasteiger partial charge in [-0.15, -0.1) is 0 Å². The Balaban J connectivity index is 2.07. The molecule has 0 saturated heterocycles. The summed E-state index contributed by atoms with van der Waals surface area (Å²) in [5.74, 6) is 1.22. The first kappa shape index (κ1) is 13.1. The van der Waals surface area contributed by atoms with Gasteiger partial charge in [0, 0.05) is 18.3 Å². The van der Waals surface area contributed by atoms with Crippen molar-refractivity contribution in [3.63, 3.8) is 0 Å². The van der Waals surface area contributed by atoms with Crippen molar-refractivity contribution in [2.75, 3.05) is 6.61 Å². The second kappa shape index (κ2) is 5.12. The molecule has 0 bridgehead atoms. The maximum atomic E-state index is 12.0. The lowest BCUT2D eigenvalue weighted by atomic mass is 9.62. The topological polar surface area (TPSA) is 52.6 Å². The van der Waals surface area contributed by atoms with Gasteiger partial charge < -0.3 is 9.47 Å². The van der Waals surface area contributed by atoms with E-state index >= 15 is 0 Å². The molecule has 1 saturated carbocycles. The molecule has 0 aromatic rings. The van der Waals surface area contributed by atoms with Gasteiger partial charge in [-0.25, -0.2) is 4.79 Å². The molecule has 0 radical (unpaired) electrons. The highest BCUT2D eigenvalue weighted by Gasteiger charge is 2.44. The van der Waals surface area contributed by atoms with E-state index in [-0.39, 0.29) is 11.3 Å². The molecule has 2 atom stereocenters. The molecular formula is C14H20O4. The van der Waals surface area contributed by atoms with E-state index in [0.29, 0.717) is 31.0 Å². The van der Waals surface area contributed by atoms with E-state index in [9.17, 15) is 9.59 Å². The van der Waals surface area contributed by atoms with Crippen molar-refractivity contribution in [3.8, 4) is 0 Å². The third-order valence-electron chi connectivity index (χ3n) is 4.13. The number of ketones is 1. The van der Waals surface area contributed by atoms with Gasteiger partial charge in [-0.1, -0.05) is 6.92 Å². The zero-order valence-corrected chi connectivity index (χ0v) is 11.0. The first-order valence-electron chi connectivity index (χ1n) is 6.65. The molecule has 0 amide bonds. The molecule has 18 heavy (non-hydrogen) atoms. The molecule has 2 rings (SSSR count). The van der Waals surface area contributed by atoms with Gasteiger partial charge in [-0.2, -0.15) is 0 Å². The van der Waals surface area contributed by atoms with E-state index in [1.807, 2.05) is 13.0 Å². The van der Waals surface area contributed by atoms with Gasteiger partial charge in [0.25, 0.3) is 0 Å². The van der Waals surface area contributed by atoms with Gasteiger partial charge in [0.1, 0.15) is 11.5 Å². The smallest absolute Gasteiger partial charge is 0.434 e. The van der Waals surface area contributed by atoms with Crippen LogP contribution in [0.1, 0.15) is 46.0 Å². The van der Waals surface area contributed by atoms with Crippen LogP contribution in [0.5, 0.6) is 0 Å². The SMILES string of the molecule is CCOC(=O)OC1=C[C@H]2CCCC(=O)[C@@]2(C)CC1. The number of fused-ring (bicyclic) bond motifs is 1. The Morgan fingerprint density at radius 3 is 3.00 bits per heavy atom. The summed E-state index contributed by atoms with van der Waals surface area (Å²) in [6.07, 6.45) is 5.33. The standard InChI is InChI=1S/C14H20O4/c1-3-17-13(16)18-11-7-8-14(2)10(9-11)5-4-6-12(14)15/h9-10H,3-8H2,1-2H3/t10-,14+/m1/s1. The predicted molar refractivity (Wildman–Crippen MR) is 65.9 cm³/mol. The fourth-order valence-electron chi connectivity index (χ4n) is 2.92. The summed E-state index contributed by atoms with van der Waals surface area (Å²) < 4.78 is 9.91. The average Bonchev–Trinajstić information content (AvgIpc) is 2.32. The minimum absolute atomic E-state index is 0.205. The summed E-state index contributed by atoms with van der Waals surface area (Å²) in [7, 11) is 0. The van der Waals surface area contributed by atoms with E-state index in [2.05, 4.69) is 0 Å². The van der Waals surface area contributed by atoms with Crippen LogP contribution in [0.4, 0.5) is 4.79 Å². The quantitative estimate of drug-likeness (QED) is 0.708. The van der Waals surface area contributed by atoms with E-state index in [1.54, 1.807) is 6.92 Å². The van der Waals surface area contributed by atoms with Gasteiger partial charge in [0.15, 0.2) is 0 Å². The lowest BCUT2D eigenvalue weighted by molar-refractivity contribution is -0.133. The monoisotopic (exact) mass is 252 g/mol. The molecule has 0 aliphatic heterocycles. The molecule has 4 nitrogen and oxygen atoms in total. The first-order chi connectivity index (χ1) is 8.56. The number of hydrogen-bond donors (Lipinski definition) is 0. The molecule has 0 N–H and O–H groups in total. The number of carbonyl (C=O) groups excluding carboxylic acids is 2. The minimum Gasteiger partial charge on any atom is -0.434 e. The normalized spacial score (nSPS) is 31.3. The summed E-state index contributed by atoms with van der Waals surface area (Å²) in [5.41, 5.74) is -0.250. The molecule has 0 unspecified atom stereocenters. The van der Waals surface area contributed by atoms with Crippen LogP contribution in [0.3, 0.4) is 0 Å².